The summed E-state index contributed by atoms with van der Waals surface area (Å²) in [4.78, 5) is 14.0. The smallest absolute Gasteiger partial charge is 0.317 e. The fraction of sp³-hybridized carbons (Fsp3) is 0.611. The molecule has 1 aromatic carbocycles. The fourth-order valence-electron chi connectivity index (χ4n) is 2.80. The lowest BCUT2D eigenvalue weighted by Crippen LogP contribution is -2.38. The largest absolute Gasteiger partial charge is 0.493 e. The van der Waals surface area contributed by atoms with Crippen molar-refractivity contribution in [2.24, 2.45) is 5.92 Å². The summed E-state index contributed by atoms with van der Waals surface area (Å²) < 4.78 is 5.78. The maximum absolute atomic E-state index is 12.3. The normalized spacial score (nSPS) is 18.8. The van der Waals surface area contributed by atoms with E-state index < -0.39 is 0 Å². The lowest BCUT2D eigenvalue weighted by Gasteiger charge is -2.19. The van der Waals surface area contributed by atoms with E-state index in [1.165, 1.54) is 0 Å². The number of rotatable bonds is 6. The van der Waals surface area contributed by atoms with Gasteiger partial charge in [0.1, 0.15) is 5.75 Å². The molecule has 1 saturated heterocycles. The second-order valence-electron chi connectivity index (χ2n) is 6.35. The van der Waals surface area contributed by atoms with Crippen molar-refractivity contribution in [2.75, 3.05) is 19.7 Å². The Hall–Kier alpha value is -1.75. The van der Waals surface area contributed by atoms with Gasteiger partial charge < -0.3 is 20.1 Å². The van der Waals surface area contributed by atoms with E-state index in [1.54, 1.807) is 11.8 Å². The molecule has 1 aliphatic rings. The van der Waals surface area contributed by atoms with Gasteiger partial charge in [0, 0.05) is 31.1 Å². The van der Waals surface area contributed by atoms with Crippen molar-refractivity contribution < 1.29 is 14.6 Å². The van der Waals surface area contributed by atoms with Crippen LogP contribution in [0, 0.1) is 12.8 Å². The predicted octanol–water partition coefficient (Wildman–Crippen LogP) is 2.70. The molecule has 2 N–H and O–H groups in total. The lowest BCUT2D eigenvalue weighted by atomic mass is 10.0. The second-order valence-corrected chi connectivity index (χ2v) is 6.35. The van der Waals surface area contributed by atoms with Gasteiger partial charge in [-0.3, -0.25) is 0 Å². The zero-order valence-corrected chi connectivity index (χ0v) is 14.3. The molecule has 0 aliphatic carbocycles. The first-order chi connectivity index (χ1) is 11.0. The van der Waals surface area contributed by atoms with Crippen molar-refractivity contribution in [2.45, 2.75) is 46.3 Å². The molecule has 1 aliphatic heterocycles. The van der Waals surface area contributed by atoms with E-state index >= 15 is 0 Å². The van der Waals surface area contributed by atoms with Crippen LogP contribution in [0.25, 0.3) is 0 Å². The number of benzene rings is 1. The SMILES string of the molecule is CCCOc1cc(C)ccc1CNC(=O)N1CCC(C(C)O)C1. The molecule has 128 valence electrons. The molecule has 2 amide bonds. The highest BCUT2D eigenvalue weighted by molar-refractivity contribution is 5.74. The van der Waals surface area contributed by atoms with Crippen LogP contribution in [-0.2, 0) is 6.54 Å². The molecule has 0 spiro atoms. The maximum atomic E-state index is 12.3. The molecule has 2 unspecified atom stereocenters. The molecule has 5 heteroatoms. The van der Waals surface area contributed by atoms with Gasteiger partial charge in [0.15, 0.2) is 0 Å². The Morgan fingerprint density at radius 3 is 2.96 bits per heavy atom. The lowest BCUT2D eigenvalue weighted by molar-refractivity contribution is 0.129. The Morgan fingerprint density at radius 2 is 2.30 bits per heavy atom. The summed E-state index contributed by atoms with van der Waals surface area (Å²) in [5, 5.41) is 12.6. The number of aryl methyl sites for hydroxylation is 1. The van der Waals surface area contributed by atoms with Crippen molar-refractivity contribution in [1.82, 2.24) is 10.2 Å². The Balaban J connectivity index is 1.91. The molecule has 1 fully saturated rings. The summed E-state index contributed by atoms with van der Waals surface area (Å²) in [6.07, 6.45) is 1.45. The van der Waals surface area contributed by atoms with E-state index in [1.807, 2.05) is 25.1 Å². The number of ether oxygens (including phenoxy) is 1. The van der Waals surface area contributed by atoms with E-state index in [0.717, 1.165) is 29.7 Å². The van der Waals surface area contributed by atoms with Crippen LogP contribution in [0.4, 0.5) is 4.79 Å². The molecule has 0 saturated carbocycles. The number of urea groups is 1. The third-order valence-electron chi connectivity index (χ3n) is 4.31. The Kier molecular flexibility index (Phi) is 6.28. The van der Waals surface area contributed by atoms with Gasteiger partial charge in [-0.25, -0.2) is 4.79 Å². The average Bonchev–Trinajstić information content (AvgIpc) is 3.02. The minimum Gasteiger partial charge on any atom is -0.493 e. The molecule has 2 rings (SSSR count). The van der Waals surface area contributed by atoms with Crippen LogP contribution >= 0.6 is 0 Å². The van der Waals surface area contributed by atoms with Gasteiger partial charge in [-0.05, 0) is 38.3 Å². The van der Waals surface area contributed by atoms with Crippen LogP contribution in [-0.4, -0.2) is 41.8 Å². The molecule has 2 atom stereocenters. The topological polar surface area (TPSA) is 61.8 Å². The third-order valence-corrected chi connectivity index (χ3v) is 4.31. The summed E-state index contributed by atoms with van der Waals surface area (Å²) >= 11 is 0. The monoisotopic (exact) mass is 320 g/mol. The van der Waals surface area contributed by atoms with Gasteiger partial charge in [0.05, 0.1) is 12.7 Å². The average molecular weight is 320 g/mol. The highest BCUT2D eigenvalue weighted by atomic mass is 16.5. The Labute approximate surface area is 138 Å². The zero-order valence-electron chi connectivity index (χ0n) is 14.3. The fourth-order valence-corrected chi connectivity index (χ4v) is 2.80. The molecule has 5 nitrogen and oxygen atoms in total. The molecule has 0 radical (unpaired) electrons. The number of likely N-dealkylation sites (tertiary alicyclic amines) is 1. The number of aliphatic hydroxyl groups is 1. The number of amides is 2. The molecule has 23 heavy (non-hydrogen) atoms. The maximum Gasteiger partial charge on any atom is 0.317 e. The van der Waals surface area contributed by atoms with E-state index in [4.69, 9.17) is 4.74 Å². The van der Waals surface area contributed by atoms with Gasteiger partial charge in [-0.2, -0.15) is 0 Å². The number of carbonyl (C=O) groups is 1. The van der Waals surface area contributed by atoms with Gasteiger partial charge in [0.25, 0.3) is 0 Å². The molecule has 0 aromatic heterocycles. The summed E-state index contributed by atoms with van der Waals surface area (Å²) in [5.74, 6) is 1.03. The van der Waals surface area contributed by atoms with Gasteiger partial charge >= 0.3 is 6.03 Å². The molecular weight excluding hydrogens is 292 g/mol. The number of nitrogens with zero attached hydrogens (tertiary/aromatic N) is 1. The van der Waals surface area contributed by atoms with Gasteiger partial charge in [0.2, 0.25) is 0 Å². The third kappa shape index (κ3) is 4.86. The van der Waals surface area contributed by atoms with Crippen LogP contribution in [0.3, 0.4) is 0 Å². The van der Waals surface area contributed by atoms with E-state index in [2.05, 4.69) is 12.2 Å². The molecule has 1 heterocycles. The van der Waals surface area contributed by atoms with Crippen molar-refractivity contribution in [1.29, 1.82) is 0 Å². The predicted molar refractivity (Wildman–Crippen MR) is 90.6 cm³/mol. The molecular formula is C18H28N2O3. The Morgan fingerprint density at radius 1 is 1.52 bits per heavy atom. The van der Waals surface area contributed by atoms with Crippen LogP contribution in [0.5, 0.6) is 5.75 Å². The number of hydrogen-bond donors (Lipinski definition) is 2. The van der Waals surface area contributed by atoms with Gasteiger partial charge in [-0.15, -0.1) is 0 Å². The van der Waals surface area contributed by atoms with Gasteiger partial charge in [-0.1, -0.05) is 19.1 Å². The first kappa shape index (κ1) is 17.6. The highest BCUT2D eigenvalue weighted by Crippen LogP contribution is 2.22. The first-order valence-corrected chi connectivity index (χ1v) is 8.44. The number of aliphatic hydroxyl groups excluding tert-OH is 1. The van der Waals surface area contributed by atoms with Crippen molar-refractivity contribution in [3.8, 4) is 5.75 Å². The minimum absolute atomic E-state index is 0.0739. The van der Waals surface area contributed by atoms with Crippen molar-refractivity contribution >= 4 is 6.03 Å². The van der Waals surface area contributed by atoms with Crippen LogP contribution in [0.1, 0.15) is 37.8 Å². The van der Waals surface area contributed by atoms with E-state index in [9.17, 15) is 9.90 Å². The van der Waals surface area contributed by atoms with E-state index in [-0.39, 0.29) is 18.1 Å². The molecule has 0 bridgehead atoms. The standard InChI is InChI=1S/C18H28N2O3/c1-4-9-23-17-10-13(2)5-6-15(17)11-19-18(22)20-8-7-16(12-20)14(3)21/h5-6,10,14,16,21H,4,7-9,11-12H2,1-3H3,(H,19,22). The van der Waals surface area contributed by atoms with Crippen molar-refractivity contribution in [3.63, 3.8) is 0 Å². The number of hydrogen-bond acceptors (Lipinski definition) is 3. The van der Waals surface area contributed by atoms with E-state index in [0.29, 0.717) is 26.2 Å². The highest BCUT2D eigenvalue weighted by Gasteiger charge is 2.28. The number of carbonyl (C=O) groups excluding carboxylic acids is 1. The summed E-state index contributed by atoms with van der Waals surface area (Å²) in [5.41, 5.74) is 2.13. The second kappa shape index (κ2) is 8.20. The molecule has 1 aromatic rings. The van der Waals surface area contributed by atoms with Crippen LogP contribution < -0.4 is 10.1 Å². The first-order valence-electron chi connectivity index (χ1n) is 8.44. The quantitative estimate of drug-likeness (QED) is 0.847. The Bertz CT molecular complexity index is 531. The minimum atomic E-state index is -0.362. The summed E-state index contributed by atoms with van der Waals surface area (Å²) in [6.45, 7) is 8.34. The summed E-state index contributed by atoms with van der Waals surface area (Å²) in [6, 6.07) is 5.97. The van der Waals surface area contributed by atoms with Crippen LogP contribution in [0.2, 0.25) is 0 Å². The zero-order chi connectivity index (χ0) is 16.8. The van der Waals surface area contributed by atoms with Crippen LogP contribution in [0.15, 0.2) is 18.2 Å². The summed E-state index contributed by atoms with van der Waals surface area (Å²) in [7, 11) is 0. The number of nitrogens with one attached hydrogen (secondary N) is 1. The van der Waals surface area contributed by atoms with Crippen molar-refractivity contribution in [3.05, 3.63) is 29.3 Å².